The van der Waals surface area contributed by atoms with Gasteiger partial charge in [-0.3, -0.25) is 4.90 Å². The first kappa shape index (κ1) is 10.7. The standard InChI is InChI=1S/C12H20N2O/c1-10-5-2-3-7-14(10)9-11(13)12-6-4-8-15-12/h4,6,8,10-11H,2-3,5,7,9,13H2,1H3. The molecule has 0 spiro atoms. The van der Waals surface area contributed by atoms with Crippen LogP contribution in [0, 0.1) is 0 Å². The molecule has 3 heteroatoms. The highest BCUT2D eigenvalue weighted by molar-refractivity contribution is 5.04. The van der Waals surface area contributed by atoms with Crippen LogP contribution in [0.3, 0.4) is 0 Å². The van der Waals surface area contributed by atoms with E-state index in [1.54, 1.807) is 6.26 Å². The van der Waals surface area contributed by atoms with E-state index in [1.165, 1.54) is 25.8 Å². The summed E-state index contributed by atoms with van der Waals surface area (Å²) in [7, 11) is 0. The molecule has 1 saturated heterocycles. The normalized spacial score (nSPS) is 25.3. The third-order valence-corrected chi connectivity index (χ3v) is 3.28. The van der Waals surface area contributed by atoms with Crippen molar-refractivity contribution in [1.29, 1.82) is 0 Å². The van der Waals surface area contributed by atoms with Gasteiger partial charge < -0.3 is 10.2 Å². The molecular formula is C12H20N2O. The summed E-state index contributed by atoms with van der Waals surface area (Å²) in [6.07, 6.45) is 5.64. The highest BCUT2D eigenvalue weighted by Gasteiger charge is 2.21. The third-order valence-electron chi connectivity index (χ3n) is 3.28. The molecule has 2 heterocycles. The van der Waals surface area contributed by atoms with E-state index in [9.17, 15) is 0 Å². The lowest BCUT2D eigenvalue weighted by Gasteiger charge is -2.34. The maximum Gasteiger partial charge on any atom is 0.121 e. The Balaban J connectivity index is 1.90. The molecule has 0 amide bonds. The molecule has 0 radical (unpaired) electrons. The van der Waals surface area contributed by atoms with Crippen molar-refractivity contribution in [2.45, 2.75) is 38.3 Å². The number of likely N-dealkylation sites (tertiary alicyclic amines) is 1. The van der Waals surface area contributed by atoms with Crippen LogP contribution in [0.15, 0.2) is 22.8 Å². The molecule has 2 N–H and O–H groups in total. The van der Waals surface area contributed by atoms with Gasteiger partial charge in [0.1, 0.15) is 5.76 Å². The second kappa shape index (κ2) is 4.81. The number of hydrogen-bond acceptors (Lipinski definition) is 3. The van der Waals surface area contributed by atoms with Gasteiger partial charge in [-0.15, -0.1) is 0 Å². The van der Waals surface area contributed by atoms with E-state index < -0.39 is 0 Å². The minimum Gasteiger partial charge on any atom is -0.468 e. The average Bonchev–Trinajstić information content (AvgIpc) is 2.74. The predicted molar refractivity (Wildman–Crippen MR) is 60.5 cm³/mol. The van der Waals surface area contributed by atoms with Crippen LogP contribution in [0.4, 0.5) is 0 Å². The van der Waals surface area contributed by atoms with Gasteiger partial charge in [-0.25, -0.2) is 0 Å². The Bertz CT molecular complexity index is 284. The lowest BCUT2D eigenvalue weighted by Crippen LogP contribution is -2.41. The molecule has 1 aromatic heterocycles. The van der Waals surface area contributed by atoms with E-state index in [0.29, 0.717) is 6.04 Å². The van der Waals surface area contributed by atoms with Gasteiger partial charge in [-0.2, -0.15) is 0 Å². The van der Waals surface area contributed by atoms with Crippen molar-refractivity contribution in [3.63, 3.8) is 0 Å². The third kappa shape index (κ3) is 2.61. The maximum absolute atomic E-state index is 6.10. The van der Waals surface area contributed by atoms with Crippen molar-refractivity contribution in [2.24, 2.45) is 5.73 Å². The van der Waals surface area contributed by atoms with Crippen LogP contribution < -0.4 is 5.73 Å². The first-order valence-electron chi connectivity index (χ1n) is 5.80. The summed E-state index contributed by atoms with van der Waals surface area (Å²) in [5.41, 5.74) is 6.10. The van der Waals surface area contributed by atoms with Crippen LogP contribution in [0.2, 0.25) is 0 Å². The topological polar surface area (TPSA) is 42.4 Å². The van der Waals surface area contributed by atoms with E-state index in [4.69, 9.17) is 10.2 Å². The number of nitrogens with zero attached hydrogens (tertiary/aromatic N) is 1. The highest BCUT2D eigenvalue weighted by atomic mass is 16.3. The molecule has 1 fully saturated rings. The molecular weight excluding hydrogens is 188 g/mol. The smallest absolute Gasteiger partial charge is 0.121 e. The molecule has 3 nitrogen and oxygen atoms in total. The molecule has 2 rings (SSSR count). The highest BCUT2D eigenvalue weighted by Crippen LogP contribution is 2.20. The minimum atomic E-state index is 0.0144. The van der Waals surface area contributed by atoms with Crippen molar-refractivity contribution in [3.05, 3.63) is 24.2 Å². The molecule has 15 heavy (non-hydrogen) atoms. The molecule has 0 aliphatic carbocycles. The SMILES string of the molecule is CC1CCCCN1CC(N)c1ccco1. The number of piperidine rings is 1. The molecule has 0 bridgehead atoms. The van der Waals surface area contributed by atoms with Gasteiger partial charge >= 0.3 is 0 Å². The predicted octanol–water partition coefficient (Wildman–Crippen LogP) is 2.15. The zero-order valence-electron chi connectivity index (χ0n) is 9.36. The summed E-state index contributed by atoms with van der Waals surface area (Å²) in [4.78, 5) is 2.47. The summed E-state index contributed by atoms with van der Waals surface area (Å²) >= 11 is 0. The second-order valence-corrected chi connectivity index (χ2v) is 4.46. The lowest BCUT2D eigenvalue weighted by atomic mass is 10.0. The fourth-order valence-electron chi connectivity index (χ4n) is 2.27. The Morgan fingerprint density at radius 3 is 3.13 bits per heavy atom. The fraction of sp³-hybridized carbons (Fsp3) is 0.667. The summed E-state index contributed by atoms with van der Waals surface area (Å²) in [6.45, 7) is 4.37. The number of hydrogen-bond donors (Lipinski definition) is 1. The molecule has 2 unspecified atom stereocenters. The first-order chi connectivity index (χ1) is 7.27. The van der Waals surface area contributed by atoms with Crippen LogP contribution in [0.5, 0.6) is 0 Å². The van der Waals surface area contributed by atoms with E-state index in [2.05, 4.69) is 11.8 Å². The first-order valence-corrected chi connectivity index (χ1v) is 5.80. The van der Waals surface area contributed by atoms with Gasteiger partial charge in [-0.05, 0) is 38.4 Å². The van der Waals surface area contributed by atoms with Gasteiger partial charge in [0.05, 0.1) is 12.3 Å². The molecule has 1 aliphatic heterocycles. The van der Waals surface area contributed by atoms with Crippen LogP contribution in [0.25, 0.3) is 0 Å². The van der Waals surface area contributed by atoms with Gasteiger partial charge in [0.25, 0.3) is 0 Å². The van der Waals surface area contributed by atoms with Crippen LogP contribution in [0.1, 0.15) is 38.0 Å². The summed E-state index contributed by atoms with van der Waals surface area (Å²) in [5.74, 6) is 0.896. The maximum atomic E-state index is 6.10. The molecule has 1 aromatic rings. The molecule has 84 valence electrons. The second-order valence-electron chi connectivity index (χ2n) is 4.46. The minimum absolute atomic E-state index is 0.0144. The number of furan rings is 1. The summed E-state index contributed by atoms with van der Waals surface area (Å²) in [6, 6.07) is 4.54. The quantitative estimate of drug-likeness (QED) is 0.827. The van der Waals surface area contributed by atoms with E-state index in [0.717, 1.165) is 12.3 Å². The average molecular weight is 208 g/mol. The molecule has 0 saturated carbocycles. The van der Waals surface area contributed by atoms with Crippen LogP contribution >= 0.6 is 0 Å². The van der Waals surface area contributed by atoms with E-state index in [1.807, 2.05) is 12.1 Å². The number of nitrogens with two attached hydrogens (primary N) is 1. The van der Waals surface area contributed by atoms with Crippen molar-refractivity contribution >= 4 is 0 Å². The molecule has 1 aliphatic rings. The van der Waals surface area contributed by atoms with Gasteiger partial charge in [-0.1, -0.05) is 6.42 Å². The monoisotopic (exact) mass is 208 g/mol. The molecule has 2 atom stereocenters. The van der Waals surface area contributed by atoms with Gasteiger partial charge in [0, 0.05) is 12.6 Å². The van der Waals surface area contributed by atoms with E-state index >= 15 is 0 Å². The Labute approximate surface area is 91.2 Å². The van der Waals surface area contributed by atoms with Crippen LogP contribution in [-0.4, -0.2) is 24.0 Å². The number of rotatable bonds is 3. The molecule has 0 aromatic carbocycles. The van der Waals surface area contributed by atoms with Crippen molar-refractivity contribution in [1.82, 2.24) is 4.90 Å². The Morgan fingerprint density at radius 2 is 2.47 bits per heavy atom. The van der Waals surface area contributed by atoms with Crippen molar-refractivity contribution in [2.75, 3.05) is 13.1 Å². The Hall–Kier alpha value is -0.800. The van der Waals surface area contributed by atoms with E-state index in [-0.39, 0.29) is 6.04 Å². The van der Waals surface area contributed by atoms with Gasteiger partial charge in [0.15, 0.2) is 0 Å². The Morgan fingerprint density at radius 1 is 1.60 bits per heavy atom. The summed E-state index contributed by atoms with van der Waals surface area (Å²) in [5, 5.41) is 0. The van der Waals surface area contributed by atoms with Crippen molar-refractivity contribution in [3.8, 4) is 0 Å². The van der Waals surface area contributed by atoms with Gasteiger partial charge in [0.2, 0.25) is 0 Å². The lowest BCUT2D eigenvalue weighted by molar-refractivity contribution is 0.147. The van der Waals surface area contributed by atoms with Crippen molar-refractivity contribution < 1.29 is 4.42 Å². The Kier molecular flexibility index (Phi) is 3.44. The zero-order valence-corrected chi connectivity index (χ0v) is 9.36. The zero-order chi connectivity index (χ0) is 10.7. The van der Waals surface area contributed by atoms with Crippen LogP contribution in [-0.2, 0) is 0 Å². The fourth-order valence-corrected chi connectivity index (χ4v) is 2.27. The largest absolute Gasteiger partial charge is 0.468 e. The summed E-state index contributed by atoms with van der Waals surface area (Å²) < 4.78 is 5.32.